The van der Waals surface area contributed by atoms with E-state index in [2.05, 4.69) is 264 Å². The number of fused-ring (bicyclic) bond motifs is 10. The maximum atomic E-state index is 4.66. The number of aromatic amines is 5. The number of aryl methyl sites for hydroxylation is 4. The first-order valence-corrected chi connectivity index (χ1v) is 40.2. The summed E-state index contributed by atoms with van der Waals surface area (Å²) in [5.41, 5.74) is 20.2. The Bertz CT molecular complexity index is 7270. The van der Waals surface area contributed by atoms with Gasteiger partial charge in [-0.2, -0.15) is 25.5 Å². The summed E-state index contributed by atoms with van der Waals surface area (Å²) >= 11 is 0. The first-order valence-electron chi connectivity index (χ1n) is 40.2. The minimum absolute atomic E-state index is 0.729. The van der Waals surface area contributed by atoms with E-state index in [0.717, 1.165) is 215 Å². The number of aromatic nitrogens is 20. The van der Waals surface area contributed by atoms with Crippen LogP contribution in [0.1, 0.15) is 47.6 Å². The molecule has 28 heteroatoms. The quantitative estimate of drug-likeness (QED) is 0.0512. The van der Waals surface area contributed by atoms with Gasteiger partial charge in [0, 0.05) is 179 Å². The van der Waals surface area contributed by atoms with Crippen molar-refractivity contribution in [1.29, 1.82) is 0 Å². The molecule has 3 aliphatic rings. The van der Waals surface area contributed by atoms with Gasteiger partial charge in [-0.15, -0.1) is 0 Å². The number of anilines is 12. The number of hydrogen-bond acceptors (Lipinski definition) is 23. The zero-order valence-corrected chi connectivity index (χ0v) is 67.1. The van der Waals surface area contributed by atoms with E-state index in [9.17, 15) is 0 Å². The largest absolute Gasteiger partial charge is 0.356 e. The summed E-state index contributed by atoms with van der Waals surface area (Å²) in [7, 11) is 2.17. The summed E-state index contributed by atoms with van der Waals surface area (Å²) in [4.78, 5) is 51.7. The van der Waals surface area contributed by atoms with Crippen molar-refractivity contribution >= 4 is 184 Å². The fourth-order valence-electron chi connectivity index (χ4n) is 15.7. The number of rotatable bonds is 13. The Morgan fingerprint density at radius 1 is 0.322 bits per heavy atom. The van der Waals surface area contributed by atoms with Gasteiger partial charge in [-0.05, 0) is 244 Å². The molecule has 1 aliphatic carbocycles. The third kappa shape index (κ3) is 16.2. The number of H-pyrrole nitrogens is 5. The molecule has 2 saturated heterocycles. The van der Waals surface area contributed by atoms with E-state index in [-0.39, 0.29) is 0 Å². The highest BCUT2D eigenvalue weighted by atomic mass is 15.3. The van der Waals surface area contributed by atoms with Crippen LogP contribution < -0.4 is 36.4 Å². The first-order chi connectivity index (χ1) is 59.4. The van der Waals surface area contributed by atoms with E-state index >= 15 is 0 Å². The molecule has 2 fully saturated rings. The molecule has 28 nitrogen and oxygen atoms in total. The number of nitrogens with one attached hydrogen (secondary N) is 10. The molecule has 0 saturated carbocycles. The van der Waals surface area contributed by atoms with Crippen LogP contribution in [0, 0.1) is 27.7 Å². The minimum Gasteiger partial charge on any atom is -0.356 e. The monoisotopic (exact) mass is 1590 g/mol. The fourth-order valence-corrected chi connectivity index (χ4v) is 15.7. The summed E-state index contributed by atoms with van der Waals surface area (Å²) < 4.78 is 0. The smallest absolute Gasteiger partial charge is 0.178 e. The van der Waals surface area contributed by atoms with Gasteiger partial charge in [0.25, 0.3) is 0 Å². The molecule has 0 spiro atoms. The molecule has 23 rings (SSSR count). The van der Waals surface area contributed by atoms with Crippen molar-refractivity contribution in [2.45, 2.75) is 47.0 Å². The van der Waals surface area contributed by atoms with Crippen LogP contribution in [-0.2, 0) is 0 Å². The number of pyridine rings is 10. The normalized spacial score (nSPS) is 13.3. The van der Waals surface area contributed by atoms with Crippen molar-refractivity contribution in [1.82, 2.24) is 106 Å². The number of piperazine rings is 1. The molecule has 15 aromatic heterocycles. The predicted molar refractivity (Wildman–Crippen MR) is 486 cm³/mol. The number of benzene rings is 5. The molecule has 0 radical (unpaired) electrons. The van der Waals surface area contributed by atoms with Crippen molar-refractivity contribution in [3.05, 3.63) is 278 Å². The highest BCUT2D eigenvalue weighted by molar-refractivity contribution is 6.02. The van der Waals surface area contributed by atoms with Gasteiger partial charge in [0.2, 0.25) is 0 Å². The molecule has 5 aromatic carbocycles. The maximum absolute atomic E-state index is 4.66. The van der Waals surface area contributed by atoms with Crippen molar-refractivity contribution in [3.8, 4) is 0 Å². The van der Waals surface area contributed by atoms with Crippen molar-refractivity contribution in [3.63, 3.8) is 0 Å². The Balaban J connectivity index is 0.000000100. The van der Waals surface area contributed by atoms with Gasteiger partial charge < -0.3 is 41.3 Å². The van der Waals surface area contributed by atoms with Crippen LogP contribution in [-0.4, -0.2) is 152 Å². The van der Waals surface area contributed by atoms with E-state index in [4.69, 9.17) is 0 Å². The van der Waals surface area contributed by atoms with Gasteiger partial charge in [-0.1, -0.05) is 36.4 Å². The number of allylic oxidation sites excluding steroid dienone is 4. The first kappa shape index (κ1) is 75.3. The second kappa shape index (κ2) is 33.5. The number of hydrogen-bond donors (Lipinski definition) is 10. The summed E-state index contributed by atoms with van der Waals surface area (Å²) in [6.07, 6.45) is 26.5. The second-order valence-corrected chi connectivity index (χ2v) is 30.1. The van der Waals surface area contributed by atoms with Gasteiger partial charge in [0.1, 0.15) is 39.2 Å². The second-order valence-electron chi connectivity index (χ2n) is 30.1. The van der Waals surface area contributed by atoms with Gasteiger partial charge >= 0.3 is 0 Å². The lowest BCUT2D eigenvalue weighted by Gasteiger charge is -2.33. The summed E-state index contributed by atoms with van der Waals surface area (Å²) in [6, 6.07) is 59.0. The number of nitrogens with zero attached hydrogens (tertiary/aromatic N) is 18. The van der Waals surface area contributed by atoms with E-state index in [1.807, 2.05) is 131 Å². The van der Waals surface area contributed by atoms with Gasteiger partial charge in [-0.25, -0.2) is 9.97 Å². The molecule has 20 aromatic rings. The third-order valence-electron chi connectivity index (χ3n) is 21.8. The third-order valence-corrected chi connectivity index (χ3v) is 21.8. The molecule has 0 unspecified atom stereocenters. The Labute approximate surface area is 693 Å². The van der Waals surface area contributed by atoms with E-state index in [1.165, 1.54) is 56.1 Å². The topological polar surface area (TPSA) is 342 Å². The Morgan fingerprint density at radius 3 is 1.20 bits per heavy atom. The maximum Gasteiger partial charge on any atom is 0.178 e. The lowest BCUT2D eigenvalue weighted by Crippen LogP contribution is -2.44. The molecule has 0 bridgehead atoms. The van der Waals surface area contributed by atoms with Crippen molar-refractivity contribution < 1.29 is 0 Å². The average Bonchev–Trinajstić information content (AvgIpc) is 1.74. The fraction of sp³-hybridized carbons (Fsp3) is 0.151. The molecule has 596 valence electrons. The average molecular weight is 1590 g/mol. The predicted octanol–water partition coefficient (Wildman–Crippen LogP) is 19.2. The van der Waals surface area contributed by atoms with E-state index in [1.54, 1.807) is 31.0 Å². The van der Waals surface area contributed by atoms with Crippen LogP contribution in [0.25, 0.3) is 115 Å². The zero-order valence-electron chi connectivity index (χ0n) is 67.1. The lowest BCUT2D eigenvalue weighted by molar-refractivity contribution is 0.312. The SMILES string of the molecule is CN1CCN(c2nccc3cc(Nc4n[nH]c5cccnc45)ccc23)CC1.Cc1cc2cc(Nc3n[nH]c4cccnc34)ccc2c(C)n1.Cc1cc2cc(Nc3n[nH]c4cccnc34)ccc2cn1.Cc1ncc(C2=CCC=C2)c2cc(Nc3n[nH]c4cccnc34)ccc12.c1cnc2c(Nc3ccc4c(N5CCCC5)nccc4c3)n[nH]c2c1. The Kier molecular flexibility index (Phi) is 20.8. The summed E-state index contributed by atoms with van der Waals surface area (Å²) in [5, 5.41) is 65.0. The van der Waals surface area contributed by atoms with Crippen molar-refractivity contribution in [2.75, 3.05) is 82.7 Å². The van der Waals surface area contributed by atoms with Gasteiger partial charge in [-0.3, -0.25) is 65.4 Å². The molecule has 121 heavy (non-hydrogen) atoms. The molecular formula is C93H84N28. The standard InChI is InChI=1S/C21H17N5.C20H21N7.C19H18N6.C17H15N5.C16H13N5/c1-13-16-9-8-15(24-21-20-19(25-26-21)7-4-10-22-20)11-17(16)18(12-23-13)14-5-2-3-6-14;1-26-9-11-27(12-10-26)20-16-5-4-15(13-14(16)6-8-22-20)23-19-18-17(24-25-19)3-2-7-21-18;1-2-11-25(10-1)19-15-6-5-14(12-13(15)7-9-21-19)22-18-17-16(23-24-18)4-3-8-20-17;1-10-8-12-9-13(5-6-14(12)11(2)19-10)20-17-16-15(21-22-17)4-3-7-18-16;1-10-7-12-8-13(5-4-11(12)9-18-10)19-16-15-14(20-21-16)3-2-6-17-15/h2,4-12H,3H2,1H3,(H2,24,25,26);2-8,13H,9-12H2,1H3,(H2,23,24,25);3-9,12H,1-2,10-11H2,(H2,22,23,24);3-9H,1-2H3,(H2,20,21,22);2-9H,1H3,(H2,19,20,21). The van der Waals surface area contributed by atoms with Crippen LogP contribution in [0.2, 0.25) is 0 Å². The summed E-state index contributed by atoms with van der Waals surface area (Å²) in [6.45, 7) is 14.4. The molecule has 2 aliphatic heterocycles. The van der Waals surface area contributed by atoms with E-state index < -0.39 is 0 Å². The molecule has 17 heterocycles. The van der Waals surface area contributed by atoms with Crippen LogP contribution >= 0.6 is 0 Å². The minimum atomic E-state index is 0.729. The van der Waals surface area contributed by atoms with Crippen LogP contribution in [0.5, 0.6) is 0 Å². The highest BCUT2D eigenvalue weighted by Gasteiger charge is 2.21. The molecule has 0 atom stereocenters. The van der Waals surface area contributed by atoms with Crippen LogP contribution in [0.3, 0.4) is 0 Å². The van der Waals surface area contributed by atoms with Gasteiger partial charge in [0.15, 0.2) is 29.1 Å². The molecule has 0 amide bonds. The van der Waals surface area contributed by atoms with Crippen molar-refractivity contribution in [2.24, 2.45) is 0 Å². The Morgan fingerprint density at radius 2 is 0.736 bits per heavy atom. The molecular weight excluding hydrogens is 1510 g/mol. The molecule has 10 N–H and O–H groups in total. The lowest BCUT2D eigenvalue weighted by atomic mass is 9.99. The van der Waals surface area contributed by atoms with Crippen LogP contribution in [0.4, 0.5) is 69.2 Å². The number of likely N-dealkylation sites (N-methyl/N-ethyl adjacent to an activating group) is 1. The Hall–Kier alpha value is -15.7. The van der Waals surface area contributed by atoms with Crippen LogP contribution in [0.15, 0.2) is 250 Å². The zero-order chi connectivity index (χ0) is 81.7. The van der Waals surface area contributed by atoms with E-state index in [0.29, 0.717) is 0 Å². The van der Waals surface area contributed by atoms with Gasteiger partial charge in [0.05, 0.1) is 27.6 Å². The highest BCUT2D eigenvalue weighted by Crippen LogP contribution is 2.37. The summed E-state index contributed by atoms with van der Waals surface area (Å²) in [5.74, 6) is 5.83.